The van der Waals surface area contributed by atoms with Gasteiger partial charge in [0.05, 0.1) is 7.11 Å². The first-order chi connectivity index (χ1) is 7.10. The third-order valence-corrected chi connectivity index (χ3v) is 3.06. The molecule has 1 atom stereocenters. The first-order valence-electron chi connectivity index (χ1n) is 5.78. The van der Waals surface area contributed by atoms with E-state index >= 15 is 0 Å². The standard InChI is InChI=1S/C14H22O/c1-6-11(4)13-9-12(10(2)3)7-8-14(13)15-5/h7-11H,6H2,1-5H3. The molecule has 15 heavy (non-hydrogen) atoms. The van der Waals surface area contributed by atoms with E-state index in [1.807, 2.05) is 0 Å². The Hall–Kier alpha value is -0.980. The summed E-state index contributed by atoms with van der Waals surface area (Å²) in [6.07, 6.45) is 1.15. The highest BCUT2D eigenvalue weighted by atomic mass is 16.5. The van der Waals surface area contributed by atoms with Gasteiger partial charge in [-0.1, -0.05) is 39.8 Å². The molecule has 0 saturated carbocycles. The van der Waals surface area contributed by atoms with E-state index in [1.165, 1.54) is 11.1 Å². The zero-order chi connectivity index (χ0) is 11.4. The molecule has 1 aromatic rings. The van der Waals surface area contributed by atoms with Crippen LogP contribution < -0.4 is 4.74 Å². The van der Waals surface area contributed by atoms with Gasteiger partial charge in [0, 0.05) is 0 Å². The Balaban J connectivity index is 3.13. The van der Waals surface area contributed by atoms with Gasteiger partial charge in [0.15, 0.2) is 0 Å². The minimum absolute atomic E-state index is 0.568. The first-order valence-corrected chi connectivity index (χ1v) is 5.78. The van der Waals surface area contributed by atoms with Crippen molar-refractivity contribution in [3.05, 3.63) is 29.3 Å². The second-order valence-electron chi connectivity index (χ2n) is 4.47. The highest BCUT2D eigenvalue weighted by molar-refractivity contribution is 5.40. The van der Waals surface area contributed by atoms with Crippen LogP contribution in [0.15, 0.2) is 18.2 Å². The Bertz CT molecular complexity index is 315. The second-order valence-corrected chi connectivity index (χ2v) is 4.47. The number of ether oxygens (including phenoxy) is 1. The van der Waals surface area contributed by atoms with Crippen molar-refractivity contribution < 1.29 is 4.74 Å². The molecule has 1 rings (SSSR count). The lowest BCUT2D eigenvalue weighted by atomic mass is 9.92. The Labute approximate surface area is 93.5 Å². The molecule has 84 valence electrons. The predicted octanol–water partition coefficient (Wildman–Crippen LogP) is 4.33. The van der Waals surface area contributed by atoms with Gasteiger partial charge in [0.25, 0.3) is 0 Å². The third-order valence-electron chi connectivity index (χ3n) is 3.06. The van der Waals surface area contributed by atoms with Crippen LogP contribution in [0, 0.1) is 0 Å². The molecule has 0 bridgehead atoms. The van der Waals surface area contributed by atoms with Crippen molar-refractivity contribution in [1.82, 2.24) is 0 Å². The quantitative estimate of drug-likeness (QED) is 0.712. The number of hydrogen-bond donors (Lipinski definition) is 0. The second kappa shape index (κ2) is 5.20. The SMILES string of the molecule is CCC(C)c1cc(C(C)C)ccc1OC. The maximum absolute atomic E-state index is 5.40. The lowest BCUT2D eigenvalue weighted by Gasteiger charge is -2.16. The molecular formula is C14H22O. The Kier molecular flexibility index (Phi) is 4.19. The molecule has 0 aliphatic carbocycles. The van der Waals surface area contributed by atoms with Crippen molar-refractivity contribution in [2.24, 2.45) is 0 Å². The van der Waals surface area contributed by atoms with Crippen LogP contribution in [0.5, 0.6) is 5.75 Å². The molecule has 0 amide bonds. The molecule has 0 fully saturated rings. The molecule has 0 saturated heterocycles. The van der Waals surface area contributed by atoms with Crippen molar-refractivity contribution in [2.75, 3.05) is 7.11 Å². The van der Waals surface area contributed by atoms with Gasteiger partial charge in [-0.15, -0.1) is 0 Å². The van der Waals surface area contributed by atoms with E-state index in [9.17, 15) is 0 Å². The topological polar surface area (TPSA) is 9.23 Å². The van der Waals surface area contributed by atoms with Crippen LogP contribution >= 0.6 is 0 Å². The number of rotatable bonds is 4. The average Bonchev–Trinajstić information content (AvgIpc) is 2.27. The van der Waals surface area contributed by atoms with Gasteiger partial charge < -0.3 is 4.74 Å². The summed E-state index contributed by atoms with van der Waals surface area (Å²) in [7, 11) is 1.75. The molecule has 0 heterocycles. The number of hydrogen-bond acceptors (Lipinski definition) is 1. The fraction of sp³-hybridized carbons (Fsp3) is 0.571. The van der Waals surface area contributed by atoms with E-state index in [-0.39, 0.29) is 0 Å². The van der Waals surface area contributed by atoms with E-state index in [1.54, 1.807) is 7.11 Å². The maximum atomic E-state index is 5.40. The highest BCUT2D eigenvalue weighted by Gasteiger charge is 2.11. The van der Waals surface area contributed by atoms with E-state index in [4.69, 9.17) is 4.74 Å². The van der Waals surface area contributed by atoms with E-state index in [0.717, 1.165) is 12.2 Å². The molecule has 1 unspecified atom stereocenters. The Morgan fingerprint density at radius 1 is 1.20 bits per heavy atom. The molecule has 1 nitrogen and oxygen atoms in total. The summed E-state index contributed by atoms with van der Waals surface area (Å²) in [5, 5.41) is 0. The van der Waals surface area contributed by atoms with Gasteiger partial charge in [-0.25, -0.2) is 0 Å². The molecule has 0 aliphatic heterocycles. The Morgan fingerprint density at radius 2 is 1.87 bits per heavy atom. The number of benzene rings is 1. The van der Waals surface area contributed by atoms with Crippen LogP contribution in [-0.2, 0) is 0 Å². The largest absolute Gasteiger partial charge is 0.496 e. The molecule has 1 heteroatoms. The molecule has 0 radical (unpaired) electrons. The fourth-order valence-corrected chi connectivity index (χ4v) is 1.72. The molecule has 1 aromatic carbocycles. The third kappa shape index (κ3) is 2.74. The van der Waals surface area contributed by atoms with Crippen LogP contribution in [0.1, 0.15) is 57.1 Å². The van der Waals surface area contributed by atoms with Gasteiger partial charge in [-0.05, 0) is 35.4 Å². The molecule has 0 aromatic heterocycles. The summed E-state index contributed by atoms with van der Waals surface area (Å²) >= 11 is 0. The smallest absolute Gasteiger partial charge is 0.122 e. The summed E-state index contributed by atoms with van der Waals surface area (Å²) < 4.78 is 5.40. The van der Waals surface area contributed by atoms with Crippen molar-refractivity contribution in [1.29, 1.82) is 0 Å². The fourth-order valence-electron chi connectivity index (χ4n) is 1.72. The lowest BCUT2D eigenvalue weighted by Crippen LogP contribution is -1.99. The zero-order valence-electron chi connectivity index (χ0n) is 10.5. The summed E-state index contributed by atoms with van der Waals surface area (Å²) in [4.78, 5) is 0. The highest BCUT2D eigenvalue weighted by Crippen LogP contribution is 2.31. The summed E-state index contributed by atoms with van der Waals surface area (Å²) in [5.41, 5.74) is 2.73. The van der Waals surface area contributed by atoms with Gasteiger partial charge in [-0.2, -0.15) is 0 Å². The van der Waals surface area contributed by atoms with Gasteiger partial charge >= 0.3 is 0 Å². The van der Waals surface area contributed by atoms with Gasteiger partial charge in [0.2, 0.25) is 0 Å². The van der Waals surface area contributed by atoms with Crippen LogP contribution in [-0.4, -0.2) is 7.11 Å². The molecular weight excluding hydrogens is 184 g/mol. The van der Waals surface area contributed by atoms with E-state index in [2.05, 4.69) is 45.9 Å². The normalized spacial score (nSPS) is 12.9. The van der Waals surface area contributed by atoms with Crippen LogP contribution in [0.3, 0.4) is 0 Å². The van der Waals surface area contributed by atoms with Crippen molar-refractivity contribution in [3.63, 3.8) is 0 Å². The molecule has 0 aliphatic rings. The summed E-state index contributed by atoms with van der Waals surface area (Å²) in [6.45, 7) is 8.92. The lowest BCUT2D eigenvalue weighted by molar-refractivity contribution is 0.405. The minimum atomic E-state index is 0.568. The van der Waals surface area contributed by atoms with Gasteiger partial charge in [0.1, 0.15) is 5.75 Å². The van der Waals surface area contributed by atoms with E-state index in [0.29, 0.717) is 11.8 Å². The van der Waals surface area contributed by atoms with Crippen LogP contribution in [0.4, 0.5) is 0 Å². The van der Waals surface area contributed by atoms with Gasteiger partial charge in [-0.3, -0.25) is 0 Å². The van der Waals surface area contributed by atoms with Crippen LogP contribution in [0.25, 0.3) is 0 Å². The van der Waals surface area contributed by atoms with Crippen molar-refractivity contribution >= 4 is 0 Å². The molecule has 0 spiro atoms. The number of methoxy groups -OCH3 is 1. The first kappa shape index (κ1) is 12.1. The van der Waals surface area contributed by atoms with Crippen LogP contribution in [0.2, 0.25) is 0 Å². The van der Waals surface area contributed by atoms with Crippen molar-refractivity contribution in [3.8, 4) is 5.75 Å². The monoisotopic (exact) mass is 206 g/mol. The molecule has 0 N–H and O–H groups in total. The Morgan fingerprint density at radius 3 is 2.33 bits per heavy atom. The van der Waals surface area contributed by atoms with Crippen molar-refractivity contribution in [2.45, 2.75) is 46.0 Å². The maximum Gasteiger partial charge on any atom is 0.122 e. The van der Waals surface area contributed by atoms with E-state index < -0.39 is 0 Å². The predicted molar refractivity (Wildman–Crippen MR) is 65.8 cm³/mol. The summed E-state index contributed by atoms with van der Waals surface area (Å²) in [5.74, 6) is 2.17. The average molecular weight is 206 g/mol. The minimum Gasteiger partial charge on any atom is -0.496 e. The summed E-state index contributed by atoms with van der Waals surface area (Å²) in [6, 6.07) is 6.55. The zero-order valence-corrected chi connectivity index (χ0v) is 10.5.